The van der Waals surface area contributed by atoms with Gasteiger partial charge in [0.2, 0.25) is 5.91 Å². The van der Waals surface area contributed by atoms with Gasteiger partial charge in [0.1, 0.15) is 5.41 Å². The minimum absolute atomic E-state index is 0.0459. The van der Waals surface area contributed by atoms with E-state index in [-0.39, 0.29) is 5.91 Å². The molecule has 0 atom stereocenters. The van der Waals surface area contributed by atoms with E-state index in [0.29, 0.717) is 38.8 Å². The topological polar surface area (TPSA) is 64.6 Å². The second-order valence-corrected chi connectivity index (χ2v) is 13.2. The van der Waals surface area contributed by atoms with Crippen molar-refractivity contribution in [2.24, 2.45) is 0 Å². The lowest BCUT2D eigenvalue weighted by Crippen LogP contribution is -2.44. The van der Waals surface area contributed by atoms with Crippen molar-refractivity contribution >= 4 is 13.5 Å². The zero-order chi connectivity index (χ0) is 29.0. The Morgan fingerprint density at radius 3 is 1.88 bits per heavy atom. The van der Waals surface area contributed by atoms with Crippen molar-refractivity contribution in [3.63, 3.8) is 0 Å². The summed E-state index contributed by atoms with van der Waals surface area (Å²) in [6.45, 7) is 5.71. The molecule has 0 saturated carbocycles. The molecule has 41 heavy (non-hydrogen) atoms. The highest BCUT2D eigenvalue weighted by atomic mass is 31.2. The third-order valence-electron chi connectivity index (χ3n) is 8.03. The molecule has 5 nitrogen and oxygen atoms in total. The van der Waals surface area contributed by atoms with Crippen LogP contribution in [-0.2, 0) is 30.2 Å². The van der Waals surface area contributed by atoms with Crippen LogP contribution in [0.5, 0.6) is 0 Å². The van der Waals surface area contributed by atoms with Gasteiger partial charge in [-0.15, -0.1) is 0 Å². The smallest absolute Gasteiger partial charge is 0.330 e. The number of benzene rings is 3. The Morgan fingerprint density at radius 1 is 0.732 bits per heavy atom. The summed E-state index contributed by atoms with van der Waals surface area (Å²) < 4.78 is 25.2. The van der Waals surface area contributed by atoms with E-state index in [9.17, 15) is 9.36 Å². The van der Waals surface area contributed by atoms with Crippen molar-refractivity contribution in [1.29, 1.82) is 0 Å². The molecule has 1 aliphatic rings. The highest BCUT2D eigenvalue weighted by Crippen LogP contribution is 2.53. The van der Waals surface area contributed by atoms with Crippen LogP contribution in [0.1, 0.15) is 81.9 Å². The standard InChI is InChI=1S/C35H46NO4P/c1-3-5-26-39-41(38,40-27-6-4-2)28-15-14-24-35(34(37)36-25-16-19-29-17-8-7-9-18-29)32-22-12-10-20-30(32)31-21-11-13-23-33(31)35/h7-13,17-18,20-23H,3-6,14-16,19,24-28H2,1-2H3,(H,36,37). The number of hydrogen-bond donors (Lipinski definition) is 1. The number of fused-ring (bicyclic) bond motifs is 3. The predicted molar refractivity (Wildman–Crippen MR) is 168 cm³/mol. The Balaban J connectivity index is 1.50. The van der Waals surface area contributed by atoms with Crippen molar-refractivity contribution < 1.29 is 18.4 Å². The minimum atomic E-state index is -3.17. The molecule has 0 unspecified atom stereocenters. The molecular weight excluding hydrogens is 529 g/mol. The first-order valence-electron chi connectivity index (χ1n) is 15.4. The molecule has 1 N–H and O–H groups in total. The van der Waals surface area contributed by atoms with Gasteiger partial charge in [0.05, 0.1) is 19.4 Å². The molecule has 0 fully saturated rings. The Kier molecular flexibility index (Phi) is 11.8. The quantitative estimate of drug-likeness (QED) is 0.122. The molecule has 3 aromatic rings. The maximum atomic E-state index is 14.2. The molecule has 4 rings (SSSR count). The first kappa shape index (κ1) is 31.2. The van der Waals surface area contributed by atoms with Crippen LogP contribution in [0.4, 0.5) is 0 Å². The lowest BCUT2D eigenvalue weighted by atomic mass is 9.73. The summed E-state index contributed by atoms with van der Waals surface area (Å²) in [5.74, 6) is 0.0459. The third kappa shape index (κ3) is 7.77. The van der Waals surface area contributed by atoms with Crippen LogP contribution in [0.25, 0.3) is 11.1 Å². The Bertz CT molecular complexity index is 1230. The van der Waals surface area contributed by atoms with E-state index in [1.165, 1.54) is 5.56 Å². The maximum Gasteiger partial charge on any atom is 0.330 e. The largest absolute Gasteiger partial charge is 0.355 e. The molecule has 0 radical (unpaired) electrons. The summed E-state index contributed by atoms with van der Waals surface area (Å²) in [4.78, 5) is 14.2. The fraction of sp³-hybridized carbons (Fsp3) is 0.457. The van der Waals surface area contributed by atoms with E-state index < -0.39 is 13.0 Å². The SMILES string of the molecule is CCCCOP(=O)(CCCCC1(C(=O)NCCCc2ccccc2)c2ccccc2-c2ccccc21)OCCCC. The Morgan fingerprint density at radius 2 is 1.29 bits per heavy atom. The van der Waals surface area contributed by atoms with Crippen molar-refractivity contribution in [3.8, 4) is 11.1 Å². The lowest BCUT2D eigenvalue weighted by molar-refractivity contribution is -0.125. The zero-order valence-corrected chi connectivity index (χ0v) is 25.7. The van der Waals surface area contributed by atoms with Crippen molar-refractivity contribution in [3.05, 3.63) is 95.6 Å². The summed E-state index contributed by atoms with van der Waals surface area (Å²) in [5.41, 5.74) is 4.86. The summed E-state index contributed by atoms with van der Waals surface area (Å²) >= 11 is 0. The van der Waals surface area contributed by atoms with Gasteiger partial charge in [-0.3, -0.25) is 9.36 Å². The highest BCUT2D eigenvalue weighted by molar-refractivity contribution is 7.53. The molecule has 0 heterocycles. The monoisotopic (exact) mass is 575 g/mol. The molecule has 0 aliphatic heterocycles. The molecule has 0 aromatic heterocycles. The van der Waals surface area contributed by atoms with Crippen LogP contribution in [0.15, 0.2) is 78.9 Å². The fourth-order valence-electron chi connectivity index (χ4n) is 5.80. The molecular formula is C35H46NO4P. The van der Waals surface area contributed by atoms with Gasteiger partial charge in [-0.2, -0.15) is 0 Å². The molecule has 6 heteroatoms. The maximum absolute atomic E-state index is 14.2. The van der Waals surface area contributed by atoms with Crippen LogP contribution in [0.3, 0.4) is 0 Å². The second kappa shape index (κ2) is 15.5. The van der Waals surface area contributed by atoms with E-state index in [1.807, 2.05) is 30.3 Å². The number of hydrogen-bond acceptors (Lipinski definition) is 4. The van der Waals surface area contributed by atoms with Crippen LogP contribution in [-0.4, -0.2) is 31.8 Å². The lowest BCUT2D eigenvalue weighted by Gasteiger charge is -2.31. The first-order valence-corrected chi connectivity index (χ1v) is 17.2. The number of carbonyl (C=O) groups is 1. The first-order chi connectivity index (χ1) is 20.0. The zero-order valence-electron chi connectivity index (χ0n) is 24.8. The van der Waals surface area contributed by atoms with Gasteiger partial charge in [-0.1, -0.05) is 112 Å². The van der Waals surface area contributed by atoms with E-state index in [1.54, 1.807) is 0 Å². The molecule has 1 amide bonds. The van der Waals surface area contributed by atoms with Gasteiger partial charge in [0.15, 0.2) is 0 Å². The minimum Gasteiger partial charge on any atom is -0.355 e. The third-order valence-corrected chi connectivity index (χ3v) is 10.0. The van der Waals surface area contributed by atoms with Gasteiger partial charge < -0.3 is 14.4 Å². The van der Waals surface area contributed by atoms with Gasteiger partial charge in [-0.05, 0) is 66.3 Å². The van der Waals surface area contributed by atoms with Crippen LogP contribution >= 0.6 is 7.60 Å². The molecule has 0 bridgehead atoms. The molecule has 220 valence electrons. The van der Waals surface area contributed by atoms with E-state index >= 15 is 0 Å². The number of aryl methyl sites for hydroxylation is 1. The van der Waals surface area contributed by atoms with Gasteiger partial charge >= 0.3 is 7.60 Å². The summed E-state index contributed by atoms with van der Waals surface area (Å²) in [5, 5.41) is 3.30. The van der Waals surface area contributed by atoms with Crippen molar-refractivity contribution in [2.75, 3.05) is 25.9 Å². The van der Waals surface area contributed by atoms with Gasteiger partial charge in [0, 0.05) is 6.54 Å². The number of unbranched alkanes of at least 4 members (excludes halogenated alkanes) is 3. The fourth-order valence-corrected chi connectivity index (χ4v) is 7.56. The van der Waals surface area contributed by atoms with E-state index in [0.717, 1.165) is 67.2 Å². The van der Waals surface area contributed by atoms with Crippen molar-refractivity contribution in [1.82, 2.24) is 5.32 Å². The summed E-state index contributed by atoms with van der Waals surface area (Å²) in [7, 11) is -3.17. The predicted octanol–water partition coefficient (Wildman–Crippen LogP) is 8.70. The Labute approximate surface area is 246 Å². The van der Waals surface area contributed by atoms with Crippen molar-refractivity contribution in [2.45, 2.75) is 77.0 Å². The Hall–Kier alpha value is -2.72. The van der Waals surface area contributed by atoms with E-state index in [2.05, 4.69) is 67.7 Å². The molecule has 1 aliphatic carbocycles. The van der Waals surface area contributed by atoms with Crippen LogP contribution in [0, 0.1) is 0 Å². The summed E-state index contributed by atoms with van der Waals surface area (Å²) in [6, 6.07) is 27.0. The number of rotatable bonds is 18. The number of nitrogens with one attached hydrogen (secondary N) is 1. The summed E-state index contributed by atoms with van der Waals surface area (Å²) in [6.07, 6.45) is 7.91. The average Bonchev–Trinajstić information content (AvgIpc) is 3.29. The number of carbonyl (C=O) groups excluding carboxylic acids is 1. The number of amides is 1. The van der Waals surface area contributed by atoms with Gasteiger partial charge in [0.25, 0.3) is 0 Å². The van der Waals surface area contributed by atoms with Crippen LogP contribution in [0.2, 0.25) is 0 Å². The molecule has 0 spiro atoms. The van der Waals surface area contributed by atoms with Gasteiger partial charge in [-0.25, -0.2) is 0 Å². The second-order valence-electron chi connectivity index (χ2n) is 11.0. The van der Waals surface area contributed by atoms with E-state index in [4.69, 9.17) is 9.05 Å². The molecule has 3 aromatic carbocycles. The normalized spacial score (nSPS) is 13.5. The van der Waals surface area contributed by atoms with Crippen LogP contribution < -0.4 is 5.32 Å². The average molecular weight is 576 g/mol. The molecule has 0 saturated heterocycles. The highest BCUT2D eigenvalue weighted by Gasteiger charge is 2.48.